The van der Waals surface area contributed by atoms with Crippen molar-refractivity contribution in [3.05, 3.63) is 15.5 Å². The van der Waals surface area contributed by atoms with Gasteiger partial charge >= 0.3 is 0 Å². The van der Waals surface area contributed by atoms with Crippen LogP contribution in [0.5, 0.6) is 0 Å². The lowest BCUT2D eigenvalue weighted by Gasteiger charge is -2.35. The van der Waals surface area contributed by atoms with Crippen LogP contribution in [-0.4, -0.2) is 28.8 Å². The van der Waals surface area contributed by atoms with Crippen LogP contribution in [0.2, 0.25) is 0 Å². The van der Waals surface area contributed by atoms with Crippen molar-refractivity contribution in [2.75, 3.05) is 13.2 Å². The monoisotopic (exact) mass is 348 g/mol. The minimum absolute atomic E-state index is 0.259. The van der Waals surface area contributed by atoms with E-state index in [-0.39, 0.29) is 5.79 Å². The number of aromatic nitrogens is 2. The first kappa shape index (κ1) is 11.9. The van der Waals surface area contributed by atoms with Gasteiger partial charge in [-0.25, -0.2) is 0 Å². The first-order valence-electron chi connectivity index (χ1n) is 6.18. The van der Waals surface area contributed by atoms with Crippen LogP contribution in [0.4, 0.5) is 0 Å². The second-order valence-corrected chi connectivity index (χ2v) is 6.02. The maximum atomic E-state index is 5.75. The van der Waals surface area contributed by atoms with E-state index in [1.165, 1.54) is 9.26 Å². The normalized spacial score (nSPS) is 24.6. The summed E-state index contributed by atoms with van der Waals surface area (Å²) >= 11 is 2.34. The fraction of sp³-hybridized carbons (Fsp3) is 0.750. The highest BCUT2D eigenvalue weighted by molar-refractivity contribution is 14.1. The zero-order chi connectivity index (χ0) is 11.9. The number of ether oxygens (including phenoxy) is 2. The van der Waals surface area contributed by atoms with Gasteiger partial charge in [-0.05, 0) is 42.4 Å². The zero-order valence-electron chi connectivity index (χ0n) is 9.99. The van der Waals surface area contributed by atoms with Crippen LogP contribution in [0.1, 0.15) is 37.4 Å². The molecule has 0 amide bonds. The van der Waals surface area contributed by atoms with Gasteiger partial charge in [0.05, 0.1) is 29.0 Å². The summed E-state index contributed by atoms with van der Waals surface area (Å²) < 4.78 is 14.9. The Labute approximate surface area is 115 Å². The third-order valence-electron chi connectivity index (χ3n) is 3.86. The maximum Gasteiger partial charge on any atom is 0.168 e. The summed E-state index contributed by atoms with van der Waals surface area (Å²) in [4.78, 5) is 0. The fourth-order valence-corrected chi connectivity index (χ4v) is 3.21. The van der Waals surface area contributed by atoms with E-state index < -0.39 is 0 Å². The van der Waals surface area contributed by atoms with Crippen LogP contribution < -0.4 is 0 Å². The molecule has 2 aliphatic rings. The van der Waals surface area contributed by atoms with Gasteiger partial charge in [0.2, 0.25) is 0 Å². The quantitative estimate of drug-likeness (QED) is 0.732. The molecule has 1 aliphatic heterocycles. The standard InChI is InChI=1S/C12H17IN2O2/c1-9-11(13)8-14-15(9)10-2-4-12(5-3-10)16-6-7-17-12/h8,10H,2-7H2,1H3. The predicted octanol–water partition coefficient (Wildman–Crippen LogP) is 2.65. The minimum Gasteiger partial charge on any atom is -0.348 e. The van der Waals surface area contributed by atoms with Gasteiger partial charge in [0, 0.05) is 18.5 Å². The Morgan fingerprint density at radius 1 is 1.35 bits per heavy atom. The molecule has 1 aromatic rings. The highest BCUT2D eigenvalue weighted by atomic mass is 127. The molecule has 2 heterocycles. The number of halogens is 1. The number of nitrogens with zero attached hydrogens (tertiary/aromatic N) is 2. The van der Waals surface area contributed by atoms with Gasteiger partial charge in [-0.1, -0.05) is 0 Å². The van der Waals surface area contributed by atoms with Gasteiger partial charge < -0.3 is 9.47 Å². The molecule has 1 spiro atoms. The van der Waals surface area contributed by atoms with E-state index in [4.69, 9.17) is 9.47 Å². The van der Waals surface area contributed by atoms with E-state index in [2.05, 4.69) is 39.3 Å². The SMILES string of the molecule is Cc1c(I)cnn1C1CCC2(CC1)OCCO2. The molecular weight excluding hydrogens is 331 g/mol. The molecule has 1 aromatic heterocycles. The van der Waals surface area contributed by atoms with Crippen molar-refractivity contribution in [3.8, 4) is 0 Å². The van der Waals surface area contributed by atoms with Crippen molar-refractivity contribution in [1.82, 2.24) is 9.78 Å². The molecule has 0 atom stereocenters. The van der Waals surface area contributed by atoms with Crippen LogP contribution in [0.15, 0.2) is 6.20 Å². The van der Waals surface area contributed by atoms with Gasteiger partial charge in [0.15, 0.2) is 5.79 Å². The van der Waals surface area contributed by atoms with Gasteiger partial charge in [0.25, 0.3) is 0 Å². The molecular formula is C12H17IN2O2. The maximum absolute atomic E-state index is 5.75. The molecule has 3 rings (SSSR count). The highest BCUT2D eigenvalue weighted by Crippen LogP contribution is 2.40. The van der Waals surface area contributed by atoms with Crippen molar-refractivity contribution in [1.29, 1.82) is 0 Å². The summed E-state index contributed by atoms with van der Waals surface area (Å²) in [5, 5.41) is 4.48. The minimum atomic E-state index is -0.259. The van der Waals surface area contributed by atoms with E-state index in [1.807, 2.05) is 6.20 Å². The molecule has 4 nitrogen and oxygen atoms in total. The van der Waals surface area contributed by atoms with Crippen LogP contribution in [0.25, 0.3) is 0 Å². The Hall–Kier alpha value is -0.140. The third-order valence-corrected chi connectivity index (χ3v) is 4.92. The zero-order valence-corrected chi connectivity index (χ0v) is 12.1. The Bertz CT molecular complexity index is 403. The molecule has 0 aromatic carbocycles. The Balaban J connectivity index is 1.71. The van der Waals surface area contributed by atoms with Gasteiger partial charge in [0.1, 0.15) is 0 Å². The molecule has 5 heteroatoms. The van der Waals surface area contributed by atoms with E-state index in [1.54, 1.807) is 0 Å². The first-order chi connectivity index (χ1) is 8.20. The van der Waals surface area contributed by atoms with Crippen molar-refractivity contribution >= 4 is 22.6 Å². The molecule has 1 aliphatic carbocycles. The summed E-state index contributed by atoms with van der Waals surface area (Å²) in [7, 11) is 0. The summed E-state index contributed by atoms with van der Waals surface area (Å²) in [6.45, 7) is 3.65. The fourth-order valence-electron chi connectivity index (χ4n) is 2.84. The van der Waals surface area contributed by atoms with Gasteiger partial charge in [-0.2, -0.15) is 5.10 Å². The average Bonchev–Trinajstić information content (AvgIpc) is 2.91. The lowest BCUT2D eigenvalue weighted by molar-refractivity contribution is -0.181. The van der Waals surface area contributed by atoms with Gasteiger partial charge in [-0.15, -0.1) is 0 Å². The van der Waals surface area contributed by atoms with Crippen molar-refractivity contribution in [3.63, 3.8) is 0 Å². The van der Waals surface area contributed by atoms with E-state index in [9.17, 15) is 0 Å². The molecule has 0 bridgehead atoms. The van der Waals surface area contributed by atoms with Crippen LogP contribution in [0, 0.1) is 10.5 Å². The molecule has 1 saturated heterocycles. The highest BCUT2D eigenvalue weighted by Gasteiger charge is 2.41. The van der Waals surface area contributed by atoms with Crippen molar-refractivity contribution in [2.24, 2.45) is 0 Å². The number of rotatable bonds is 1. The Morgan fingerprint density at radius 3 is 2.53 bits per heavy atom. The molecule has 0 N–H and O–H groups in total. The second kappa shape index (κ2) is 4.51. The second-order valence-electron chi connectivity index (χ2n) is 4.86. The van der Waals surface area contributed by atoms with E-state index in [0.29, 0.717) is 6.04 Å². The molecule has 1 saturated carbocycles. The Kier molecular flexibility index (Phi) is 3.16. The summed E-state index contributed by atoms with van der Waals surface area (Å²) in [5.41, 5.74) is 1.28. The lowest BCUT2D eigenvalue weighted by Crippen LogP contribution is -2.36. The predicted molar refractivity (Wildman–Crippen MR) is 71.8 cm³/mol. The molecule has 17 heavy (non-hydrogen) atoms. The van der Waals surface area contributed by atoms with E-state index in [0.717, 1.165) is 38.9 Å². The average molecular weight is 348 g/mol. The lowest BCUT2D eigenvalue weighted by atomic mass is 9.90. The van der Waals surface area contributed by atoms with E-state index >= 15 is 0 Å². The molecule has 0 unspecified atom stereocenters. The summed E-state index contributed by atoms with van der Waals surface area (Å²) in [6, 6.07) is 0.511. The third kappa shape index (κ3) is 2.13. The summed E-state index contributed by atoms with van der Waals surface area (Å²) in [6.07, 6.45) is 6.13. The van der Waals surface area contributed by atoms with Crippen molar-refractivity contribution in [2.45, 2.75) is 44.4 Å². The number of hydrogen-bond acceptors (Lipinski definition) is 3. The van der Waals surface area contributed by atoms with Crippen LogP contribution in [0.3, 0.4) is 0 Å². The first-order valence-corrected chi connectivity index (χ1v) is 7.26. The number of hydrogen-bond donors (Lipinski definition) is 0. The van der Waals surface area contributed by atoms with Crippen LogP contribution >= 0.6 is 22.6 Å². The molecule has 2 fully saturated rings. The van der Waals surface area contributed by atoms with Crippen LogP contribution in [-0.2, 0) is 9.47 Å². The molecule has 0 radical (unpaired) electrons. The Morgan fingerprint density at radius 2 is 2.00 bits per heavy atom. The largest absolute Gasteiger partial charge is 0.348 e. The topological polar surface area (TPSA) is 36.3 Å². The molecule has 94 valence electrons. The smallest absolute Gasteiger partial charge is 0.168 e. The van der Waals surface area contributed by atoms with Crippen molar-refractivity contribution < 1.29 is 9.47 Å². The van der Waals surface area contributed by atoms with Gasteiger partial charge in [-0.3, -0.25) is 4.68 Å². The summed E-state index contributed by atoms with van der Waals surface area (Å²) in [5.74, 6) is -0.259.